The zero-order valence-electron chi connectivity index (χ0n) is 12.6. The van der Waals surface area contributed by atoms with E-state index in [1.807, 2.05) is 19.4 Å². The molecule has 2 rings (SSSR count). The van der Waals surface area contributed by atoms with E-state index in [0.717, 1.165) is 31.6 Å². The summed E-state index contributed by atoms with van der Waals surface area (Å²) in [6.45, 7) is 7.88. The van der Waals surface area contributed by atoms with Gasteiger partial charge in [0.05, 0.1) is 12.4 Å². The molecule has 0 aromatic carbocycles. The molecule has 4 nitrogen and oxygen atoms in total. The maximum absolute atomic E-state index is 6.16. The summed E-state index contributed by atoms with van der Waals surface area (Å²) in [5.41, 5.74) is 0.283. The quantitative estimate of drug-likeness (QED) is 0.824. The standard InChI is InChI=1S/C15H27N3O/c1-5-8-16-13-9-14(15(13,6-2)7-3)19-12-10-17-18(4)11-12/h10-11,13-14,16H,5-9H2,1-4H3. The zero-order chi connectivity index (χ0) is 13.9. The summed E-state index contributed by atoms with van der Waals surface area (Å²) in [6, 6.07) is 0.601. The van der Waals surface area contributed by atoms with E-state index in [9.17, 15) is 0 Å². The van der Waals surface area contributed by atoms with Gasteiger partial charge in [-0.1, -0.05) is 20.8 Å². The molecule has 19 heavy (non-hydrogen) atoms. The molecule has 1 fully saturated rings. The van der Waals surface area contributed by atoms with Crippen LogP contribution in [0.2, 0.25) is 0 Å². The van der Waals surface area contributed by atoms with Crippen molar-refractivity contribution >= 4 is 0 Å². The second kappa shape index (κ2) is 5.95. The maximum atomic E-state index is 6.16. The van der Waals surface area contributed by atoms with Gasteiger partial charge in [0.2, 0.25) is 0 Å². The summed E-state index contributed by atoms with van der Waals surface area (Å²) in [4.78, 5) is 0. The van der Waals surface area contributed by atoms with Gasteiger partial charge in [-0.2, -0.15) is 5.10 Å². The third-order valence-corrected chi connectivity index (χ3v) is 4.70. The van der Waals surface area contributed by atoms with Crippen LogP contribution in [0.5, 0.6) is 5.75 Å². The van der Waals surface area contributed by atoms with E-state index in [1.165, 1.54) is 6.42 Å². The van der Waals surface area contributed by atoms with Gasteiger partial charge in [0, 0.05) is 24.9 Å². The second-order valence-corrected chi connectivity index (χ2v) is 5.64. The number of aryl methyl sites for hydroxylation is 1. The molecule has 108 valence electrons. The van der Waals surface area contributed by atoms with E-state index < -0.39 is 0 Å². The van der Waals surface area contributed by atoms with E-state index in [4.69, 9.17) is 4.74 Å². The molecule has 0 aliphatic heterocycles. The Kier molecular flexibility index (Phi) is 4.50. The SMILES string of the molecule is CCCNC1CC(Oc2cnn(C)c2)C1(CC)CC. The van der Waals surface area contributed by atoms with Crippen LogP contribution in [-0.4, -0.2) is 28.5 Å². The first-order valence-electron chi connectivity index (χ1n) is 7.55. The highest BCUT2D eigenvalue weighted by Gasteiger charge is 2.54. The number of nitrogens with zero attached hydrogens (tertiary/aromatic N) is 2. The largest absolute Gasteiger partial charge is 0.486 e. The molecular weight excluding hydrogens is 238 g/mol. The van der Waals surface area contributed by atoms with Gasteiger partial charge in [-0.3, -0.25) is 4.68 Å². The predicted molar refractivity (Wildman–Crippen MR) is 77.3 cm³/mol. The number of rotatable bonds is 7. The van der Waals surface area contributed by atoms with Crippen LogP contribution in [-0.2, 0) is 7.05 Å². The lowest BCUT2D eigenvalue weighted by molar-refractivity contribution is -0.0858. The first-order valence-corrected chi connectivity index (χ1v) is 7.55. The van der Waals surface area contributed by atoms with Crippen molar-refractivity contribution in [2.45, 2.75) is 58.6 Å². The molecule has 0 bridgehead atoms. The molecule has 1 saturated carbocycles. The van der Waals surface area contributed by atoms with Crippen LogP contribution >= 0.6 is 0 Å². The van der Waals surface area contributed by atoms with Crippen molar-refractivity contribution < 1.29 is 4.74 Å². The molecule has 1 aromatic rings. The van der Waals surface area contributed by atoms with Gasteiger partial charge in [-0.05, 0) is 25.8 Å². The Morgan fingerprint density at radius 2 is 2.16 bits per heavy atom. The van der Waals surface area contributed by atoms with Crippen molar-refractivity contribution in [2.75, 3.05) is 6.54 Å². The molecule has 0 saturated heterocycles. The maximum Gasteiger partial charge on any atom is 0.157 e. The topological polar surface area (TPSA) is 39.1 Å². The van der Waals surface area contributed by atoms with E-state index in [2.05, 4.69) is 31.2 Å². The van der Waals surface area contributed by atoms with Gasteiger partial charge in [0.1, 0.15) is 6.10 Å². The number of ether oxygens (including phenoxy) is 1. The molecule has 1 aromatic heterocycles. The highest BCUT2D eigenvalue weighted by atomic mass is 16.5. The molecule has 0 spiro atoms. The van der Waals surface area contributed by atoms with Gasteiger partial charge in [-0.25, -0.2) is 0 Å². The van der Waals surface area contributed by atoms with Gasteiger partial charge >= 0.3 is 0 Å². The summed E-state index contributed by atoms with van der Waals surface area (Å²) in [6.07, 6.45) is 8.70. The summed E-state index contributed by atoms with van der Waals surface area (Å²) < 4.78 is 7.95. The van der Waals surface area contributed by atoms with Gasteiger partial charge in [0.15, 0.2) is 5.75 Å². The normalized spacial score (nSPS) is 25.1. The van der Waals surface area contributed by atoms with Gasteiger partial charge in [0.25, 0.3) is 0 Å². The van der Waals surface area contributed by atoms with E-state index in [-0.39, 0.29) is 5.41 Å². The minimum Gasteiger partial charge on any atom is -0.486 e. The Morgan fingerprint density at radius 3 is 2.68 bits per heavy atom. The van der Waals surface area contributed by atoms with Gasteiger partial charge < -0.3 is 10.1 Å². The number of hydrogen-bond donors (Lipinski definition) is 1. The fourth-order valence-electron chi connectivity index (χ4n) is 3.34. The highest BCUT2D eigenvalue weighted by Crippen LogP contribution is 2.48. The lowest BCUT2D eigenvalue weighted by Gasteiger charge is -2.55. The highest BCUT2D eigenvalue weighted by molar-refractivity contribution is 5.16. The van der Waals surface area contributed by atoms with Crippen molar-refractivity contribution in [2.24, 2.45) is 12.5 Å². The molecule has 0 amide bonds. The van der Waals surface area contributed by atoms with Crippen molar-refractivity contribution in [1.29, 1.82) is 0 Å². The van der Waals surface area contributed by atoms with Crippen LogP contribution in [0.1, 0.15) is 46.5 Å². The minimum absolute atomic E-state index is 0.283. The molecule has 2 atom stereocenters. The Hall–Kier alpha value is -1.03. The average molecular weight is 265 g/mol. The monoisotopic (exact) mass is 265 g/mol. The van der Waals surface area contributed by atoms with Crippen molar-refractivity contribution in [3.63, 3.8) is 0 Å². The third kappa shape index (κ3) is 2.64. The zero-order valence-corrected chi connectivity index (χ0v) is 12.6. The Balaban J connectivity index is 2.01. The first-order chi connectivity index (χ1) is 9.16. The molecule has 2 unspecified atom stereocenters. The van der Waals surface area contributed by atoms with Crippen molar-refractivity contribution in [3.05, 3.63) is 12.4 Å². The third-order valence-electron chi connectivity index (χ3n) is 4.70. The van der Waals surface area contributed by atoms with Crippen LogP contribution in [0.25, 0.3) is 0 Å². The van der Waals surface area contributed by atoms with Crippen LogP contribution < -0.4 is 10.1 Å². The Labute approximate surface area is 116 Å². The molecule has 1 aliphatic rings. The lowest BCUT2D eigenvalue weighted by atomic mass is 9.58. The minimum atomic E-state index is 0.283. The summed E-state index contributed by atoms with van der Waals surface area (Å²) in [7, 11) is 1.92. The average Bonchev–Trinajstić information content (AvgIpc) is 2.80. The number of nitrogens with one attached hydrogen (secondary N) is 1. The van der Waals surface area contributed by atoms with E-state index in [0.29, 0.717) is 12.1 Å². The molecule has 1 N–H and O–H groups in total. The molecule has 1 aliphatic carbocycles. The Bertz CT molecular complexity index is 398. The number of aromatic nitrogens is 2. The Morgan fingerprint density at radius 1 is 1.42 bits per heavy atom. The summed E-state index contributed by atoms with van der Waals surface area (Å²) in [5.74, 6) is 0.896. The molecule has 1 heterocycles. The van der Waals surface area contributed by atoms with E-state index >= 15 is 0 Å². The first kappa shape index (κ1) is 14.4. The summed E-state index contributed by atoms with van der Waals surface area (Å²) in [5, 5.41) is 7.85. The van der Waals surface area contributed by atoms with Crippen molar-refractivity contribution in [1.82, 2.24) is 15.1 Å². The predicted octanol–water partition coefficient (Wildman–Crippen LogP) is 2.75. The van der Waals surface area contributed by atoms with Crippen molar-refractivity contribution in [3.8, 4) is 5.75 Å². The van der Waals surface area contributed by atoms with Crippen LogP contribution in [0.4, 0.5) is 0 Å². The second-order valence-electron chi connectivity index (χ2n) is 5.64. The molecule has 4 heteroatoms. The van der Waals surface area contributed by atoms with Crippen LogP contribution in [0, 0.1) is 5.41 Å². The molecular formula is C15H27N3O. The summed E-state index contributed by atoms with van der Waals surface area (Å²) >= 11 is 0. The van der Waals surface area contributed by atoms with Gasteiger partial charge in [-0.15, -0.1) is 0 Å². The molecule has 0 radical (unpaired) electrons. The van der Waals surface area contributed by atoms with Crippen LogP contribution in [0.15, 0.2) is 12.4 Å². The van der Waals surface area contributed by atoms with Crippen LogP contribution in [0.3, 0.4) is 0 Å². The fourth-order valence-corrected chi connectivity index (χ4v) is 3.34. The fraction of sp³-hybridized carbons (Fsp3) is 0.800. The lowest BCUT2D eigenvalue weighted by Crippen LogP contribution is -2.64. The smallest absolute Gasteiger partial charge is 0.157 e. The number of hydrogen-bond acceptors (Lipinski definition) is 3. The van der Waals surface area contributed by atoms with E-state index in [1.54, 1.807) is 4.68 Å².